The summed E-state index contributed by atoms with van der Waals surface area (Å²) in [6.45, 7) is 2.63. The fraction of sp³-hybridized carbons (Fsp3) is 0.214. The van der Waals surface area contributed by atoms with Crippen LogP contribution in [0.15, 0.2) is 30.6 Å². The van der Waals surface area contributed by atoms with E-state index in [9.17, 15) is 14.5 Å². The van der Waals surface area contributed by atoms with Gasteiger partial charge in [0.15, 0.2) is 0 Å². The summed E-state index contributed by atoms with van der Waals surface area (Å²) >= 11 is 0. The molecule has 24 heavy (non-hydrogen) atoms. The zero-order valence-electron chi connectivity index (χ0n) is 12.7. The highest BCUT2D eigenvalue weighted by atomic mass is 19.1. The normalized spacial score (nSPS) is 10.8. The number of rotatable bonds is 6. The highest BCUT2D eigenvalue weighted by Crippen LogP contribution is 2.26. The molecule has 2 heterocycles. The van der Waals surface area contributed by atoms with Crippen LogP contribution in [0.5, 0.6) is 0 Å². The number of anilines is 2. The third-order valence-electron chi connectivity index (χ3n) is 3.30. The number of fused-ring (bicyclic) bond motifs is 1. The Kier molecular flexibility index (Phi) is 4.18. The lowest BCUT2D eigenvalue weighted by Crippen LogP contribution is -2.16. The van der Waals surface area contributed by atoms with Crippen LogP contribution < -0.4 is 10.6 Å². The Morgan fingerprint density at radius 1 is 1.33 bits per heavy atom. The molecule has 0 atom stereocenters. The summed E-state index contributed by atoms with van der Waals surface area (Å²) in [5.41, 5.74) is 0.362. The summed E-state index contributed by atoms with van der Waals surface area (Å²) in [6, 6.07) is 5.76. The van der Waals surface area contributed by atoms with Crippen LogP contribution in [0, 0.1) is 22.9 Å². The Labute approximate surface area is 135 Å². The molecule has 0 aliphatic rings. The molecule has 0 spiro atoms. The molecule has 0 saturated heterocycles. The van der Waals surface area contributed by atoms with Crippen LogP contribution in [0.4, 0.5) is 21.6 Å². The SMILES string of the molecule is Cc1cc(NCCNc2cccc(F)c2[N+](=O)[O-])n2ncnc2n1. The van der Waals surface area contributed by atoms with Gasteiger partial charge in [0.1, 0.15) is 17.8 Å². The Hall–Kier alpha value is -3.30. The standard InChI is InChI=1S/C14H14FN7O2/c1-9-7-12(21-14(20-9)18-8-19-21)17-6-5-16-11-4-2-3-10(15)13(11)22(23)24/h2-4,7-8,16-17H,5-6H2,1H3. The summed E-state index contributed by atoms with van der Waals surface area (Å²) in [5.74, 6) is 0.309. The van der Waals surface area contributed by atoms with Gasteiger partial charge >= 0.3 is 5.69 Å². The second kappa shape index (κ2) is 6.44. The van der Waals surface area contributed by atoms with Crippen molar-refractivity contribution in [2.24, 2.45) is 0 Å². The second-order valence-electron chi connectivity index (χ2n) is 5.00. The number of hydrogen-bond acceptors (Lipinski definition) is 7. The van der Waals surface area contributed by atoms with E-state index in [2.05, 4.69) is 25.7 Å². The lowest BCUT2D eigenvalue weighted by Gasteiger charge is -2.10. The number of nitrogens with one attached hydrogen (secondary N) is 2. The summed E-state index contributed by atoms with van der Waals surface area (Å²) in [5, 5.41) is 21.0. The van der Waals surface area contributed by atoms with Gasteiger partial charge in [0.25, 0.3) is 5.78 Å². The topological polar surface area (TPSA) is 110 Å². The molecule has 3 aromatic rings. The molecule has 1 aromatic carbocycles. The minimum atomic E-state index is -0.868. The number of hydrogen-bond donors (Lipinski definition) is 2. The number of aryl methyl sites for hydroxylation is 1. The summed E-state index contributed by atoms with van der Waals surface area (Å²) in [6.07, 6.45) is 1.40. The van der Waals surface area contributed by atoms with Gasteiger partial charge in [-0.2, -0.15) is 19.0 Å². The fourth-order valence-corrected chi connectivity index (χ4v) is 2.29. The minimum Gasteiger partial charge on any atom is -0.378 e. The molecule has 0 aliphatic carbocycles. The van der Waals surface area contributed by atoms with Gasteiger partial charge in [0.2, 0.25) is 5.82 Å². The first-order valence-electron chi connectivity index (χ1n) is 7.14. The summed E-state index contributed by atoms with van der Waals surface area (Å²) < 4.78 is 15.1. The molecule has 0 amide bonds. The van der Waals surface area contributed by atoms with Gasteiger partial charge in [-0.1, -0.05) is 6.07 Å². The van der Waals surface area contributed by atoms with Crippen molar-refractivity contribution in [3.63, 3.8) is 0 Å². The van der Waals surface area contributed by atoms with E-state index >= 15 is 0 Å². The van der Waals surface area contributed by atoms with E-state index < -0.39 is 16.4 Å². The van der Waals surface area contributed by atoms with Crippen molar-refractivity contribution < 1.29 is 9.31 Å². The van der Waals surface area contributed by atoms with E-state index in [1.807, 2.05) is 13.0 Å². The molecular formula is C14H14FN7O2. The highest BCUT2D eigenvalue weighted by Gasteiger charge is 2.19. The molecule has 0 fully saturated rings. The molecule has 124 valence electrons. The molecule has 0 aliphatic heterocycles. The zero-order chi connectivity index (χ0) is 17.1. The lowest BCUT2D eigenvalue weighted by atomic mass is 10.2. The van der Waals surface area contributed by atoms with Gasteiger partial charge in [0, 0.05) is 24.8 Å². The smallest absolute Gasteiger partial charge is 0.327 e. The number of nitro benzene ring substituents is 1. The number of aromatic nitrogens is 4. The number of nitro groups is 1. The molecular weight excluding hydrogens is 317 g/mol. The number of para-hydroxylation sites is 1. The van der Waals surface area contributed by atoms with Gasteiger partial charge in [-0.25, -0.2) is 4.98 Å². The van der Waals surface area contributed by atoms with E-state index in [1.54, 1.807) is 4.52 Å². The zero-order valence-corrected chi connectivity index (χ0v) is 12.7. The van der Waals surface area contributed by atoms with E-state index in [4.69, 9.17) is 0 Å². The molecule has 10 heteroatoms. The number of nitrogens with zero attached hydrogens (tertiary/aromatic N) is 5. The van der Waals surface area contributed by atoms with Crippen LogP contribution in [0.3, 0.4) is 0 Å². The number of halogens is 1. The molecule has 2 aromatic heterocycles. The van der Waals surface area contributed by atoms with Crippen LogP contribution in [0.25, 0.3) is 5.78 Å². The predicted molar refractivity (Wildman–Crippen MR) is 85.6 cm³/mol. The molecule has 2 N–H and O–H groups in total. The van der Waals surface area contributed by atoms with E-state index in [0.29, 0.717) is 24.7 Å². The third kappa shape index (κ3) is 3.07. The maximum absolute atomic E-state index is 13.5. The van der Waals surface area contributed by atoms with Gasteiger partial charge in [-0.05, 0) is 19.1 Å². The van der Waals surface area contributed by atoms with Crippen molar-refractivity contribution in [1.29, 1.82) is 0 Å². The molecule has 9 nitrogen and oxygen atoms in total. The first-order chi connectivity index (χ1) is 11.6. The minimum absolute atomic E-state index is 0.138. The van der Waals surface area contributed by atoms with Crippen LogP contribution >= 0.6 is 0 Å². The second-order valence-corrected chi connectivity index (χ2v) is 5.00. The van der Waals surface area contributed by atoms with Gasteiger partial charge in [-0.3, -0.25) is 10.1 Å². The van der Waals surface area contributed by atoms with Crippen molar-refractivity contribution in [3.05, 3.63) is 52.2 Å². The molecule has 0 bridgehead atoms. The molecule has 3 rings (SSSR count). The van der Waals surface area contributed by atoms with E-state index in [-0.39, 0.29) is 5.69 Å². The van der Waals surface area contributed by atoms with Crippen molar-refractivity contribution in [2.45, 2.75) is 6.92 Å². The number of benzene rings is 1. The van der Waals surface area contributed by atoms with Crippen molar-refractivity contribution >= 4 is 23.0 Å². The van der Waals surface area contributed by atoms with Crippen molar-refractivity contribution in [3.8, 4) is 0 Å². The average Bonchev–Trinajstić information content (AvgIpc) is 2.99. The van der Waals surface area contributed by atoms with Crippen molar-refractivity contribution in [2.75, 3.05) is 23.7 Å². The molecule has 0 unspecified atom stereocenters. The third-order valence-corrected chi connectivity index (χ3v) is 3.30. The van der Waals surface area contributed by atoms with Crippen molar-refractivity contribution in [1.82, 2.24) is 19.6 Å². The average molecular weight is 331 g/mol. The Balaban J connectivity index is 1.66. The van der Waals surface area contributed by atoms with Crippen LogP contribution in [0.1, 0.15) is 5.69 Å². The molecule has 0 saturated carbocycles. The van der Waals surface area contributed by atoms with E-state index in [1.165, 1.54) is 18.5 Å². The van der Waals surface area contributed by atoms with Crippen LogP contribution in [0.2, 0.25) is 0 Å². The predicted octanol–water partition coefficient (Wildman–Crippen LogP) is 2.00. The first-order valence-corrected chi connectivity index (χ1v) is 7.14. The maximum Gasteiger partial charge on any atom is 0.327 e. The lowest BCUT2D eigenvalue weighted by molar-refractivity contribution is -0.386. The van der Waals surface area contributed by atoms with Gasteiger partial charge in [0.05, 0.1) is 4.92 Å². The van der Waals surface area contributed by atoms with Gasteiger partial charge < -0.3 is 10.6 Å². The first kappa shape index (κ1) is 15.6. The highest BCUT2D eigenvalue weighted by molar-refractivity contribution is 5.62. The maximum atomic E-state index is 13.5. The molecule has 0 radical (unpaired) electrons. The summed E-state index contributed by atoms with van der Waals surface area (Å²) in [7, 11) is 0. The fourth-order valence-electron chi connectivity index (χ4n) is 2.29. The quantitative estimate of drug-likeness (QED) is 0.404. The Morgan fingerprint density at radius 2 is 2.12 bits per heavy atom. The van der Waals surface area contributed by atoms with Crippen LogP contribution in [-0.4, -0.2) is 37.6 Å². The van der Waals surface area contributed by atoms with Gasteiger partial charge in [-0.15, -0.1) is 0 Å². The Morgan fingerprint density at radius 3 is 2.92 bits per heavy atom. The summed E-state index contributed by atoms with van der Waals surface area (Å²) in [4.78, 5) is 18.5. The van der Waals surface area contributed by atoms with E-state index in [0.717, 1.165) is 11.8 Å². The largest absolute Gasteiger partial charge is 0.378 e. The van der Waals surface area contributed by atoms with Crippen LogP contribution in [-0.2, 0) is 0 Å². The Bertz CT molecular complexity index is 896. The monoisotopic (exact) mass is 331 g/mol.